The van der Waals surface area contributed by atoms with Crippen molar-refractivity contribution >= 4 is 11.6 Å². The fourth-order valence-electron chi connectivity index (χ4n) is 2.84. The molecule has 0 radical (unpaired) electrons. The third kappa shape index (κ3) is 3.98. The molecule has 0 amide bonds. The molecule has 2 rings (SSSR count). The first-order valence-electron chi connectivity index (χ1n) is 6.92. The van der Waals surface area contributed by atoms with Crippen LogP contribution < -0.4 is 5.32 Å². The summed E-state index contributed by atoms with van der Waals surface area (Å²) in [5, 5.41) is 4.14. The van der Waals surface area contributed by atoms with E-state index in [1.54, 1.807) is 0 Å². The highest BCUT2D eigenvalue weighted by Gasteiger charge is 2.22. The van der Waals surface area contributed by atoms with Crippen molar-refractivity contribution in [3.05, 3.63) is 34.9 Å². The number of benzene rings is 1. The van der Waals surface area contributed by atoms with Crippen molar-refractivity contribution in [2.75, 3.05) is 26.7 Å². The minimum absolute atomic E-state index is 0.745. The van der Waals surface area contributed by atoms with Crippen LogP contribution in [-0.4, -0.2) is 37.6 Å². The highest BCUT2D eigenvalue weighted by molar-refractivity contribution is 6.30. The number of rotatable bonds is 6. The SMILES string of the molecule is CNCC1CCCN1CCCc1cccc(Cl)c1. The van der Waals surface area contributed by atoms with Gasteiger partial charge in [-0.1, -0.05) is 23.7 Å². The first kappa shape index (κ1) is 13.9. The molecule has 0 aromatic heterocycles. The Morgan fingerprint density at radius 3 is 3.11 bits per heavy atom. The highest BCUT2D eigenvalue weighted by Crippen LogP contribution is 2.18. The molecule has 1 aromatic carbocycles. The monoisotopic (exact) mass is 266 g/mol. The molecule has 1 saturated heterocycles. The third-order valence-electron chi connectivity index (χ3n) is 3.74. The van der Waals surface area contributed by atoms with Gasteiger partial charge in [0.05, 0.1) is 0 Å². The van der Waals surface area contributed by atoms with E-state index in [1.165, 1.54) is 37.9 Å². The standard InChI is InChI=1S/C15H23ClN2/c1-17-12-15-8-4-10-18(15)9-3-6-13-5-2-7-14(16)11-13/h2,5,7,11,15,17H,3-4,6,8-10,12H2,1H3. The molecular formula is C15H23ClN2. The van der Waals surface area contributed by atoms with Crippen LogP contribution in [0, 0.1) is 0 Å². The summed E-state index contributed by atoms with van der Waals surface area (Å²) in [6.45, 7) is 3.60. The molecule has 0 bridgehead atoms. The molecule has 0 aliphatic carbocycles. The van der Waals surface area contributed by atoms with E-state index >= 15 is 0 Å². The van der Waals surface area contributed by atoms with Crippen molar-refractivity contribution in [2.24, 2.45) is 0 Å². The van der Waals surface area contributed by atoms with E-state index in [0.29, 0.717) is 0 Å². The summed E-state index contributed by atoms with van der Waals surface area (Å²) in [5.74, 6) is 0. The molecule has 1 heterocycles. The van der Waals surface area contributed by atoms with Crippen molar-refractivity contribution < 1.29 is 0 Å². The van der Waals surface area contributed by atoms with Crippen molar-refractivity contribution in [1.29, 1.82) is 0 Å². The van der Waals surface area contributed by atoms with Gasteiger partial charge in [-0.25, -0.2) is 0 Å². The van der Waals surface area contributed by atoms with Gasteiger partial charge in [0.2, 0.25) is 0 Å². The summed E-state index contributed by atoms with van der Waals surface area (Å²) in [6, 6.07) is 8.97. The molecule has 1 aromatic rings. The average Bonchev–Trinajstić information content (AvgIpc) is 2.78. The number of hydrogen-bond acceptors (Lipinski definition) is 2. The first-order valence-corrected chi connectivity index (χ1v) is 7.30. The predicted octanol–water partition coefficient (Wildman–Crippen LogP) is 2.96. The van der Waals surface area contributed by atoms with Gasteiger partial charge in [-0.3, -0.25) is 4.90 Å². The van der Waals surface area contributed by atoms with E-state index < -0.39 is 0 Å². The fourth-order valence-corrected chi connectivity index (χ4v) is 3.05. The quantitative estimate of drug-likeness (QED) is 0.852. The molecule has 18 heavy (non-hydrogen) atoms. The summed E-state index contributed by atoms with van der Waals surface area (Å²) >= 11 is 6.00. The van der Waals surface area contributed by atoms with Crippen LogP contribution in [0.15, 0.2) is 24.3 Å². The molecule has 0 spiro atoms. The second-order valence-corrected chi connectivity index (χ2v) is 5.56. The Bertz CT molecular complexity index is 367. The van der Waals surface area contributed by atoms with E-state index in [2.05, 4.69) is 22.3 Å². The number of hydrogen-bond donors (Lipinski definition) is 1. The molecular weight excluding hydrogens is 244 g/mol. The number of likely N-dealkylation sites (N-methyl/N-ethyl adjacent to an activating group) is 1. The normalized spacial score (nSPS) is 20.4. The van der Waals surface area contributed by atoms with Crippen molar-refractivity contribution in [2.45, 2.75) is 31.7 Å². The molecule has 1 aliphatic heterocycles. The van der Waals surface area contributed by atoms with Gasteiger partial charge >= 0.3 is 0 Å². The van der Waals surface area contributed by atoms with E-state index in [9.17, 15) is 0 Å². The van der Waals surface area contributed by atoms with E-state index in [4.69, 9.17) is 11.6 Å². The summed E-state index contributed by atoms with van der Waals surface area (Å²) in [5.41, 5.74) is 1.35. The van der Waals surface area contributed by atoms with Crippen molar-refractivity contribution in [3.63, 3.8) is 0 Å². The third-order valence-corrected chi connectivity index (χ3v) is 3.97. The minimum Gasteiger partial charge on any atom is -0.318 e. The van der Waals surface area contributed by atoms with Gasteiger partial charge in [-0.2, -0.15) is 0 Å². The lowest BCUT2D eigenvalue weighted by Gasteiger charge is -2.24. The Labute approximate surface area is 115 Å². The number of nitrogens with zero attached hydrogens (tertiary/aromatic N) is 1. The van der Waals surface area contributed by atoms with Crippen LogP contribution >= 0.6 is 11.6 Å². The van der Waals surface area contributed by atoms with Crippen LogP contribution in [0.2, 0.25) is 5.02 Å². The van der Waals surface area contributed by atoms with Gasteiger partial charge in [-0.05, 0) is 63.5 Å². The van der Waals surface area contributed by atoms with Crippen molar-refractivity contribution in [3.8, 4) is 0 Å². The summed E-state index contributed by atoms with van der Waals surface area (Å²) in [4.78, 5) is 2.63. The lowest BCUT2D eigenvalue weighted by atomic mass is 10.1. The first-order chi connectivity index (χ1) is 8.79. The van der Waals surface area contributed by atoms with Crippen LogP contribution in [0.4, 0.5) is 0 Å². The van der Waals surface area contributed by atoms with Gasteiger partial charge in [0.25, 0.3) is 0 Å². The van der Waals surface area contributed by atoms with Gasteiger partial charge in [0, 0.05) is 17.6 Å². The number of likely N-dealkylation sites (tertiary alicyclic amines) is 1. The maximum absolute atomic E-state index is 6.00. The van der Waals surface area contributed by atoms with E-state index in [1.807, 2.05) is 19.2 Å². The topological polar surface area (TPSA) is 15.3 Å². The molecule has 3 heteroatoms. The van der Waals surface area contributed by atoms with Crippen LogP contribution in [0.5, 0.6) is 0 Å². The van der Waals surface area contributed by atoms with Crippen LogP contribution in [-0.2, 0) is 6.42 Å². The molecule has 1 unspecified atom stereocenters. The van der Waals surface area contributed by atoms with Gasteiger partial charge in [0.15, 0.2) is 0 Å². The second-order valence-electron chi connectivity index (χ2n) is 5.12. The molecule has 1 N–H and O–H groups in total. The van der Waals surface area contributed by atoms with Crippen LogP contribution in [0.25, 0.3) is 0 Å². The summed E-state index contributed by atoms with van der Waals surface area (Å²) < 4.78 is 0. The van der Waals surface area contributed by atoms with Gasteiger partial charge < -0.3 is 5.32 Å². The van der Waals surface area contributed by atoms with E-state index in [-0.39, 0.29) is 0 Å². The maximum Gasteiger partial charge on any atom is 0.0408 e. The summed E-state index contributed by atoms with van der Waals surface area (Å²) in [6.07, 6.45) is 5.05. The largest absolute Gasteiger partial charge is 0.318 e. The average molecular weight is 267 g/mol. The number of halogens is 1. The molecule has 1 atom stereocenters. The molecule has 2 nitrogen and oxygen atoms in total. The zero-order chi connectivity index (χ0) is 12.8. The lowest BCUT2D eigenvalue weighted by Crippen LogP contribution is -2.37. The lowest BCUT2D eigenvalue weighted by molar-refractivity contribution is 0.248. The van der Waals surface area contributed by atoms with Crippen LogP contribution in [0.1, 0.15) is 24.8 Å². The highest BCUT2D eigenvalue weighted by atomic mass is 35.5. The predicted molar refractivity (Wildman–Crippen MR) is 78.3 cm³/mol. The van der Waals surface area contributed by atoms with Crippen molar-refractivity contribution in [1.82, 2.24) is 10.2 Å². The second kappa shape index (κ2) is 7.13. The fraction of sp³-hybridized carbons (Fsp3) is 0.600. The summed E-state index contributed by atoms with van der Waals surface area (Å²) in [7, 11) is 2.04. The number of nitrogens with one attached hydrogen (secondary N) is 1. The van der Waals surface area contributed by atoms with Gasteiger partial charge in [0.1, 0.15) is 0 Å². The molecule has 100 valence electrons. The maximum atomic E-state index is 6.00. The Balaban J connectivity index is 1.74. The van der Waals surface area contributed by atoms with E-state index in [0.717, 1.165) is 24.0 Å². The Kier molecular flexibility index (Phi) is 5.48. The molecule has 1 fully saturated rings. The molecule has 0 saturated carbocycles. The Hall–Kier alpha value is -0.570. The van der Waals surface area contributed by atoms with Gasteiger partial charge in [-0.15, -0.1) is 0 Å². The number of aryl methyl sites for hydroxylation is 1. The Morgan fingerprint density at radius 1 is 1.44 bits per heavy atom. The Morgan fingerprint density at radius 2 is 2.33 bits per heavy atom. The smallest absolute Gasteiger partial charge is 0.0408 e. The van der Waals surface area contributed by atoms with Crippen LogP contribution in [0.3, 0.4) is 0 Å². The minimum atomic E-state index is 0.745. The zero-order valence-corrected chi connectivity index (χ0v) is 11.9. The molecule has 1 aliphatic rings. The zero-order valence-electron chi connectivity index (χ0n) is 11.2.